The van der Waals surface area contributed by atoms with Gasteiger partial charge >= 0.3 is 0 Å². The lowest BCUT2D eigenvalue weighted by Gasteiger charge is -2.26. The molecule has 0 radical (unpaired) electrons. The van der Waals surface area contributed by atoms with Crippen molar-refractivity contribution in [2.24, 2.45) is 5.92 Å². The molecule has 1 aromatic rings. The smallest absolute Gasteiger partial charge is 0.274 e. The summed E-state index contributed by atoms with van der Waals surface area (Å²) in [4.78, 5) is 10.5. The Hall–Kier alpha value is -1.62. The lowest BCUT2D eigenvalue weighted by atomic mass is 9.94. The van der Waals surface area contributed by atoms with E-state index in [0.29, 0.717) is 30.1 Å². The zero-order chi connectivity index (χ0) is 14.6. The Balaban J connectivity index is 2.73. The van der Waals surface area contributed by atoms with Crippen LogP contribution in [0.2, 0.25) is 0 Å². The quantitative estimate of drug-likeness (QED) is 0.612. The molecule has 19 heavy (non-hydrogen) atoms. The second kappa shape index (κ2) is 6.02. The van der Waals surface area contributed by atoms with Crippen LogP contribution in [0.1, 0.15) is 32.8 Å². The zero-order valence-corrected chi connectivity index (χ0v) is 11.9. The van der Waals surface area contributed by atoms with E-state index in [4.69, 9.17) is 0 Å². The van der Waals surface area contributed by atoms with Crippen molar-refractivity contribution >= 4 is 11.4 Å². The summed E-state index contributed by atoms with van der Waals surface area (Å²) in [7, 11) is 0. The number of nitro benzene ring substituents is 1. The lowest BCUT2D eigenvalue weighted by molar-refractivity contribution is -0.385. The van der Waals surface area contributed by atoms with E-state index in [2.05, 4.69) is 5.32 Å². The highest BCUT2D eigenvalue weighted by atomic mass is 16.6. The maximum atomic E-state index is 10.8. The number of anilines is 1. The van der Waals surface area contributed by atoms with Crippen LogP contribution in [0.15, 0.2) is 18.2 Å². The SMILES string of the molecule is Cc1ccc(NCC(C)(O)CC(C)C)cc1[N+](=O)[O-]. The highest BCUT2D eigenvalue weighted by Gasteiger charge is 2.22. The normalized spacial score (nSPS) is 14.2. The molecule has 1 aromatic carbocycles. The molecule has 1 atom stereocenters. The molecule has 0 saturated heterocycles. The van der Waals surface area contributed by atoms with Crippen molar-refractivity contribution in [3.05, 3.63) is 33.9 Å². The number of aryl methyl sites for hydroxylation is 1. The van der Waals surface area contributed by atoms with Crippen LogP contribution in [0.25, 0.3) is 0 Å². The molecule has 0 bridgehead atoms. The van der Waals surface area contributed by atoms with E-state index in [1.165, 1.54) is 6.07 Å². The third-order valence-electron chi connectivity index (χ3n) is 2.93. The topological polar surface area (TPSA) is 75.4 Å². The minimum absolute atomic E-state index is 0.0912. The Bertz CT molecular complexity index is 456. The lowest BCUT2D eigenvalue weighted by Crippen LogP contribution is -2.34. The molecule has 106 valence electrons. The van der Waals surface area contributed by atoms with Gasteiger partial charge in [-0.3, -0.25) is 10.1 Å². The molecule has 1 unspecified atom stereocenters. The number of hydrogen-bond acceptors (Lipinski definition) is 4. The van der Waals surface area contributed by atoms with Gasteiger partial charge in [0.25, 0.3) is 5.69 Å². The van der Waals surface area contributed by atoms with Crippen molar-refractivity contribution in [3.8, 4) is 0 Å². The maximum Gasteiger partial charge on any atom is 0.274 e. The van der Waals surface area contributed by atoms with E-state index in [-0.39, 0.29) is 5.69 Å². The highest BCUT2D eigenvalue weighted by Crippen LogP contribution is 2.23. The Morgan fingerprint density at radius 1 is 1.47 bits per heavy atom. The van der Waals surface area contributed by atoms with Gasteiger partial charge in [-0.15, -0.1) is 0 Å². The Morgan fingerprint density at radius 2 is 2.11 bits per heavy atom. The van der Waals surface area contributed by atoms with E-state index in [1.807, 2.05) is 13.8 Å². The maximum absolute atomic E-state index is 10.8. The Morgan fingerprint density at radius 3 is 2.63 bits per heavy atom. The summed E-state index contributed by atoms with van der Waals surface area (Å²) in [6.45, 7) is 7.93. The van der Waals surface area contributed by atoms with E-state index < -0.39 is 10.5 Å². The van der Waals surface area contributed by atoms with Crippen LogP contribution in [-0.4, -0.2) is 22.2 Å². The van der Waals surface area contributed by atoms with Gasteiger partial charge in [0.2, 0.25) is 0 Å². The van der Waals surface area contributed by atoms with Crippen molar-refractivity contribution < 1.29 is 10.0 Å². The summed E-state index contributed by atoms with van der Waals surface area (Å²) in [5.74, 6) is 0.393. The van der Waals surface area contributed by atoms with Crippen LogP contribution >= 0.6 is 0 Å². The number of benzene rings is 1. The molecule has 2 N–H and O–H groups in total. The molecule has 0 amide bonds. The van der Waals surface area contributed by atoms with Gasteiger partial charge in [-0.05, 0) is 32.3 Å². The number of nitrogens with zero attached hydrogens (tertiary/aromatic N) is 1. The summed E-state index contributed by atoms with van der Waals surface area (Å²) < 4.78 is 0. The fraction of sp³-hybridized carbons (Fsp3) is 0.571. The minimum Gasteiger partial charge on any atom is -0.388 e. The molecule has 1 rings (SSSR count). The van der Waals surface area contributed by atoms with Gasteiger partial charge in [0, 0.05) is 23.9 Å². The predicted molar refractivity (Wildman–Crippen MR) is 76.4 cm³/mol. The van der Waals surface area contributed by atoms with Crippen LogP contribution < -0.4 is 5.32 Å². The molecule has 0 aliphatic rings. The fourth-order valence-corrected chi connectivity index (χ4v) is 2.16. The standard InChI is InChI=1S/C14H22N2O3/c1-10(2)8-14(4,17)9-15-12-6-5-11(3)13(7-12)16(18)19/h5-7,10,15,17H,8-9H2,1-4H3. The molecule has 0 aromatic heterocycles. The monoisotopic (exact) mass is 266 g/mol. The van der Waals surface area contributed by atoms with Gasteiger partial charge in [-0.2, -0.15) is 0 Å². The van der Waals surface area contributed by atoms with Crippen molar-refractivity contribution in [2.45, 2.75) is 39.7 Å². The molecule has 0 aliphatic carbocycles. The molecule has 0 spiro atoms. The van der Waals surface area contributed by atoms with Crippen LogP contribution in [0.4, 0.5) is 11.4 Å². The van der Waals surface area contributed by atoms with Crippen LogP contribution in [-0.2, 0) is 0 Å². The predicted octanol–water partition coefficient (Wildman–Crippen LogP) is 3.11. The summed E-state index contributed by atoms with van der Waals surface area (Å²) >= 11 is 0. The number of rotatable bonds is 6. The molecule has 0 heterocycles. The molecular weight excluding hydrogens is 244 g/mol. The van der Waals surface area contributed by atoms with Crippen LogP contribution in [0, 0.1) is 23.0 Å². The van der Waals surface area contributed by atoms with Crippen molar-refractivity contribution in [2.75, 3.05) is 11.9 Å². The molecule has 0 aliphatic heterocycles. The molecule has 0 saturated carbocycles. The average Bonchev–Trinajstić information content (AvgIpc) is 2.26. The van der Waals surface area contributed by atoms with Gasteiger partial charge in [-0.25, -0.2) is 0 Å². The van der Waals surface area contributed by atoms with Gasteiger partial charge in [0.15, 0.2) is 0 Å². The summed E-state index contributed by atoms with van der Waals surface area (Å²) in [6.07, 6.45) is 0.675. The van der Waals surface area contributed by atoms with Gasteiger partial charge in [0.1, 0.15) is 0 Å². The molecule has 5 nitrogen and oxygen atoms in total. The second-order valence-corrected chi connectivity index (χ2v) is 5.71. The van der Waals surface area contributed by atoms with E-state index in [1.54, 1.807) is 26.0 Å². The first-order chi connectivity index (χ1) is 8.71. The van der Waals surface area contributed by atoms with Gasteiger partial charge < -0.3 is 10.4 Å². The van der Waals surface area contributed by atoms with Crippen molar-refractivity contribution in [1.82, 2.24) is 0 Å². The van der Waals surface area contributed by atoms with Gasteiger partial charge in [0.05, 0.1) is 10.5 Å². The van der Waals surface area contributed by atoms with Gasteiger partial charge in [-0.1, -0.05) is 19.9 Å². The molecule has 5 heteroatoms. The fourth-order valence-electron chi connectivity index (χ4n) is 2.16. The minimum atomic E-state index is -0.826. The summed E-state index contributed by atoms with van der Waals surface area (Å²) in [5.41, 5.74) is 0.549. The largest absolute Gasteiger partial charge is 0.388 e. The second-order valence-electron chi connectivity index (χ2n) is 5.71. The van der Waals surface area contributed by atoms with Crippen LogP contribution in [0.5, 0.6) is 0 Å². The first-order valence-electron chi connectivity index (χ1n) is 6.42. The number of nitro groups is 1. The number of hydrogen-bond donors (Lipinski definition) is 2. The van der Waals surface area contributed by atoms with Crippen molar-refractivity contribution in [1.29, 1.82) is 0 Å². The summed E-state index contributed by atoms with van der Waals surface area (Å²) in [5, 5.41) is 24.1. The third-order valence-corrected chi connectivity index (χ3v) is 2.93. The van der Waals surface area contributed by atoms with E-state index in [9.17, 15) is 15.2 Å². The zero-order valence-electron chi connectivity index (χ0n) is 11.9. The number of nitrogens with one attached hydrogen (secondary N) is 1. The van der Waals surface area contributed by atoms with Crippen LogP contribution in [0.3, 0.4) is 0 Å². The number of aliphatic hydroxyl groups is 1. The highest BCUT2D eigenvalue weighted by molar-refractivity contribution is 5.55. The average molecular weight is 266 g/mol. The van der Waals surface area contributed by atoms with Crippen molar-refractivity contribution in [3.63, 3.8) is 0 Å². The van der Waals surface area contributed by atoms with E-state index >= 15 is 0 Å². The van der Waals surface area contributed by atoms with E-state index in [0.717, 1.165) is 0 Å². The molecule has 0 fully saturated rings. The Kier molecular flexibility index (Phi) is 4.89. The molecular formula is C14H22N2O3. The summed E-state index contributed by atoms with van der Waals surface area (Å²) in [6, 6.07) is 4.99. The Labute approximate surface area is 113 Å². The first kappa shape index (κ1) is 15.4. The first-order valence-corrected chi connectivity index (χ1v) is 6.42. The third kappa shape index (κ3) is 4.87.